The van der Waals surface area contributed by atoms with E-state index < -0.39 is 0 Å². The first-order valence-electron chi connectivity index (χ1n) is 5.18. The van der Waals surface area contributed by atoms with E-state index in [2.05, 4.69) is 38.4 Å². The largest absolute Gasteiger partial charge is 0.319 e. The zero-order valence-corrected chi connectivity index (χ0v) is 11.8. The van der Waals surface area contributed by atoms with Gasteiger partial charge in [-0.25, -0.2) is 4.98 Å². The van der Waals surface area contributed by atoms with E-state index in [1.165, 1.54) is 11.3 Å². The van der Waals surface area contributed by atoms with Gasteiger partial charge in [-0.05, 0) is 47.3 Å². The van der Waals surface area contributed by atoms with Gasteiger partial charge in [0.05, 0.1) is 19.9 Å². The number of hydrogen-bond donors (Lipinski definition) is 1. The van der Waals surface area contributed by atoms with Gasteiger partial charge in [-0.1, -0.05) is 0 Å². The van der Waals surface area contributed by atoms with Crippen LogP contribution in [0.5, 0.6) is 0 Å². The molecule has 3 rings (SSSR count). The Morgan fingerprint density at radius 2 is 2.19 bits per heavy atom. The van der Waals surface area contributed by atoms with Crippen LogP contribution in [0.25, 0.3) is 10.6 Å². The van der Waals surface area contributed by atoms with Crippen LogP contribution in [0.2, 0.25) is 0 Å². The fourth-order valence-electron chi connectivity index (χ4n) is 1.84. The summed E-state index contributed by atoms with van der Waals surface area (Å²) in [6.07, 6.45) is 3.39. The topological polar surface area (TPSA) is 38.9 Å². The van der Waals surface area contributed by atoms with Crippen LogP contribution in [0.4, 0.5) is 0 Å². The maximum absolute atomic E-state index is 6.26. The van der Waals surface area contributed by atoms with E-state index in [-0.39, 0.29) is 5.54 Å². The van der Waals surface area contributed by atoms with Crippen LogP contribution in [-0.4, -0.2) is 4.98 Å². The Morgan fingerprint density at radius 1 is 1.38 bits per heavy atom. The van der Waals surface area contributed by atoms with Crippen molar-refractivity contribution in [3.05, 3.63) is 26.3 Å². The van der Waals surface area contributed by atoms with E-state index >= 15 is 0 Å². The summed E-state index contributed by atoms with van der Waals surface area (Å²) in [7, 11) is 0. The van der Waals surface area contributed by atoms with E-state index in [9.17, 15) is 0 Å². The van der Waals surface area contributed by atoms with E-state index in [0.29, 0.717) is 0 Å². The van der Waals surface area contributed by atoms with E-state index in [4.69, 9.17) is 5.73 Å². The van der Waals surface area contributed by atoms with Gasteiger partial charge in [-0.15, -0.1) is 22.7 Å². The molecule has 0 radical (unpaired) electrons. The number of nitrogens with zero attached hydrogens (tertiary/aromatic N) is 1. The molecule has 5 heteroatoms. The Labute approximate surface area is 111 Å². The minimum absolute atomic E-state index is 0.128. The second kappa shape index (κ2) is 3.91. The molecule has 0 saturated heterocycles. The summed E-state index contributed by atoms with van der Waals surface area (Å²) in [5, 5.41) is 3.21. The molecule has 0 amide bonds. The summed E-state index contributed by atoms with van der Waals surface area (Å²) < 4.78 is 1.14. The number of rotatable bonds is 2. The number of aromatic nitrogens is 1. The van der Waals surface area contributed by atoms with Gasteiger partial charge in [0.15, 0.2) is 0 Å². The maximum atomic E-state index is 6.26. The molecule has 1 saturated carbocycles. The quantitative estimate of drug-likeness (QED) is 0.910. The van der Waals surface area contributed by atoms with E-state index in [1.807, 2.05) is 0 Å². The summed E-state index contributed by atoms with van der Waals surface area (Å²) in [5.74, 6) is 0. The second-order valence-electron chi connectivity index (χ2n) is 4.15. The van der Waals surface area contributed by atoms with Gasteiger partial charge in [0.25, 0.3) is 0 Å². The van der Waals surface area contributed by atoms with Crippen LogP contribution in [0.1, 0.15) is 24.3 Å². The molecule has 0 aliphatic heterocycles. The number of thiazole rings is 1. The zero-order valence-electron chi connectivity index (χ0n) is 8.57. The highest BCUT2D eigenvalue weighted by atomic mass is 79.9. The van der Waals surface area contributed by atoms with Crippen LogP contribution in [0.15, 0.2) is 21.3 Å². The lowest BCUT2D eigenvalue weighted by Gasteiger charge is -2.35. The minimum Gasteiger partial charge on any atom is -0.319 e. The average molecular weight is 315 g/mol. The third-order valence-electron chi connectivity index (χ3n) is 3.00. The fraction of sp³-hybridized carbons (Fsp3) is 0.364. The number of thiophene rings is 1. The van der Waals surface area contributed by atoms with E-state index in [0.717, 1.165) is 27.3 Å². The SMILES string of the molecule is NC1(c2nc(-c3ccc(Br)s3)cs2)CCC1. The van der Waals surface area contributed by atoms with Crippen LogP contribution >= 0.6 is 38.6 Å². The summed E-state index contributed by atoms with van der Waals surface area (Å²) in [5.41, 5.74) is 7.20. The molecule has 1 aliphatic rings. The molecule has 2 aromatic heterocycles. The lowest BCUT2D eigenvalue weighted by atomic mass is 9.78. The molecule has 1 fully saturated rings. The highest BCUT2D eigenvalue weighted by molar-refractivity contribution is 9.11. The molecule has 0 spiro atoms. The fourth-order valence-corrected chi connectivity index (χ4v) is 4.25. The van der Waals surface area contributed by atoms with Crippen molar-refractivity contribution in [1.82, 2.24) is 4.98 Å². The third kappa shape index (κ3) is 1.76. The Kier molecular flexibility index (Phi) is 2.66. The zero-order chi connectivity index (χ0) is 11.2. The Balaban J connectivity index is 1.93. The first-order chi connectivity index (χ1) is 7.67. The summed E-state index contributed by atoms with van der Waals surface area (Å²) in [6, 6.07) is 4.15. The smallest absolute Gasteiger partial charge is 0.113 e. The maximum Gasteiger partial charge on any atom is 0.113 e. The third-order valence-corrected chi connectivity index (χ3v) is 5.71. The Hall–Kier alpha value is -0.230. The van der Waals surface area contributed by atoms with Gasteiger partial charge in [-0.2, -0.15) is 0 Å². The minimum atomic E-state index is -0.128. The lowest BCUT2D eigenvalue weighted by molar-refractivity contribution is 0.253. The van der Waals surface area contributed by atoms with Crippen molar-refractivity contribution >= 4 is 38.6 Å². The first-order valence-corrected chi connectivity index (χ1v) is 7.67. The van der Waals surface area contributed by atoms with Crippen LogP contribution in [-0.2, 0) is 5.54 Å². The van der Waals surface area contributed by atoms with Crippen molar-refractivity contribution in [2.24, 2.45) is 5.73 Å². The predicted molar refractivity (Wildman–Crippen MR) is 72.8 cm³/mol. The molecule has 2 N–H and O–H groups in total. The van der Waals surface area contributed by atoms with Gasteiger partial charge >= 0.3 is 0 Å². The molecule has 2 aromatic rings. The van der Waals surface area contributed by atoms with Crippen molar-refractivity contribution in [2.75, 3.05) is 0 Å². The van der Waals surface area contributed by atoms with Crippen molar-refractivity contribution < 1.29 is 0 Å². The number of halogens is 1. The van der Waals surface area contributed by atoms with Gasteiger partial charge in [0.2, 0.25) is 0 Å². The second-order valence-corrected chi connectivity index (χ2v) is 7.47. The summed E-state index contributed by atoms with van der Waals surface area (Å²) in [6.45, 7) is 0. The van der Waals surface area contributed by atoms with Gasteiger partial charge < -0.3 is 5.73 Å². The lowest BCUT2D eigenvalue weighted by Crippen LogP contribution is -2.43. The number of nitrogens with two attached hydrogens (primary N) is 1. The van der Waals surface area contributed by atoms with Crippen LogP contribution < -0.4 is 5.73 Å². The molecule has 2 nitrogen and oxygen atoms in total. The van der Waals surface area contributed by atoms with Gasteiger partial charge in [0, 0.05) is 5.38 Å². The van der Waals surface area contributed by atoms with Gasteiger partial charge in [-0.3, -0.25) is 0 Å². The molecule has 1 aliphatic carbocycles. The molecule has 0 aromatic carbocycles. The molecule has 2 heterocycles. The first kappa shape index (κ1) is 10.9. The Bertz CT molecular complexity index is 514. The molecular weight excluding hydrogens is 304 g/mol. The monoisotopic (exact) mass is 314 g/mol. The molecule has 0 bridgehead atoms. The number of hydrogen-bond acceptors (Lipinski definition) is 4. The van der Waals surface area contributed by atoms with E-state index in [1.54, 1.807) is 22.7 Å². The summed E-state index contributed by atoms with van der Waals surface area (Å²) >= 11 is 6.87. The van der Waals surface area contributed by atoms with Crippen LogP contribution in [0.3, 0.4) is 0 Å². The molecule has 0 atom stereocenters. The van der Waals surface area contributed by atoms with Crippen molar-refractivity contribution in [1.29, 1.82) is 0 Å². The van der Waals surface area contributed by atoms with Crippen molar-refractivity contribution in [3.63, 3.8) is 0 Å². The average Bonchev–Trinajstić information content (AvgIpc) is 2.82. The van der Waals surface area contributed by atoms with Crippen molar-refractivity contribution in [3.8, 4) is 10.6 Å². The molecule has 0 unspecified atom stereocenters. The molecular formula is C11H11BrN2S2. The standard InChI is InChI=1S/C11H11BrN2S2/c12-9-3-2-8(16-9)7-6-15-10(14-7)11(13)4-1-5-11/h2-3,6H,1,4-5,13H2. The highest BCUT2D eigenvalue weighted by Gasteiger charge is 2.37. The Morgan fingerprint density at radius 3 is 2.75 bits per heavy atom. The molecule has 84 valence electrons. The van der Waals surface area contributed by atoms with Crippen LogP contribution in [0, 0.1) is 0 Å². The molecule has 16 heavy (non-hydrogen) atoms. The van der Waals surface area contributed by atoms with Crippen molar-refractivity contribution in [2.45, 2.75) is 24.8 Å². The predicted octanol–water partition coefficient (Wildman–Crippen LogP) is 3.97. The highest BCUT2D eigenvalue weighted by Crippen LogP contribution is 2.41. The normalized spacial score (nSPS) is 18.4. The van der Waals surface area contributed by atoms with Gasteiger partial charge in [0.1, 0.15) is 5.01 Å². The summed E-state index contributed by atoms with van der Waals surface area (Å²) in [4.78, 5) is 5.88.